The zero-order valence-electron chi connectivity index (χ0n) is 6.05. The van der Waals surface area contributed by atoms with Crippen molar-refractivity contribution in [3.63, 3.8) is 0 Å². The molecule has 2 nitrogen and oxygen atoms in total. The van der Waals surface area contributed by atoms with Gasteiger partial charge in [-0.1, -0.05) is 6.07 Å². The summed E-state index contributed by atoms with van der Waals surface area (Å²) in [5, 5.41) is 8.60. The van der Waals surface area contributed by atoms with Crippen molar-refractivity contribution in [3.8, 4) is 0 Å². The minimum absolute atomic E-state index is 0.0713. The Kier molecular flexibility index (Phi) is 2.65. The average molecular weight is 189 g/mol. The highest BCUT2D eigenvalue weighted by molar-refractivity contribution is 6.17. The van der Waals surface area contributed by atoms with E-state index in [1.165, 1.54) is 12.1 Å². The third-order valence-electron chi connectivity index (χ3n) is 1.45. The zero-order valence-corrected chi connectivity index (χ0v) is 6.81. The number of hydrogen-bond donors (Lipinski definition) is 1. The fraction of sp³-hybridized carbons (Fsp3) is 0.125. The van der Waals surface area contributed by atoms with Crippen LogP contribution in [0.25, 0.3) is 0 Å². The number of halogens is 2. The topological polar surface area (TPSA) is 37.3 Å². The number of aromatic carboxylic acids is 1. The van der Waals surface area contributed by atoms with Crippen LogP contribution in [0.15, 0.2) is 18.2 Å². The van der Waals surface area contributed by atoms with Crippen LogP contribution in [0.2, 0.25) is 0 Å². The van der Waals surface area contributed by atoms with Crippen molar-refractivity contribution in [2.24, 2.45) is 0 Å². The van der Waals surface area contributed by atoms with Crippen molar-refractivity contribution < 1.29 is 14.3 Å². The summed E-state index contributed by atoms with van der Waals surface area (Å²) < 4.78 is 12.5. The van der Waals surface area contributed by atoms with Gasteiger partial charge in [0, 0.05) is 5.88 Å². The van der Waals surface area contributed by atoms with Crippen LogP contribution >= 0.6 is 11.6 Å². The van der Waals surface area contributed by atoms with E-state index in [1.54, 1.807) is 0 Å². The molecule has 0 amide bonds. The summed E-state index contributed by atoms with van der Waals surface area (Å²) in [5.74, 6) is -1.66. The molecular weight excluding hydrogens is 183 g/mol. The zero-order chi connectivity index (χ0) is 9.14. The van der Waals surface area contributed by atoms with Crippen LogP contribution in [0.1, 0.15) is 15.9 Å². The molecule has 0 fully saturated rings. The average Bonchev–Trinajstić information content (AvgIpc) is 2.04. The fourth-order valence-electron chi connectivity index (χ4n) is 0.864. The van der Waals surface area contributed by atoms with Crippen molar-refractivity contribution in [1.29, 1.82) is 0 Å². The predicted octanol–water partition coefficient (Wildman–Crippen LogP) is 2.26. The van der Waals surface area contributed by atoms with Crippen molar-refractivity contribution in [2.75, 3.05) is 0 Å². The maximum atomic E-state index is 12.5. The lowest BCUT2D eigenvalue weighted by atomic mass is 10.1. The Labute approximate surface area is 73.6 Å². The summed E-state index contributed by atoms with van der Waals surface area (Å²) in [6, 6.07) is 3.51. The lowest BCUT2D eigenvalue weighted by Gasteiger charge is -2.00. The van der Waals surface area contributed by atoms with Gasteiger partial charge in [-0.3, -0.25) is 0 Å². The summed E-state index contributed by atoms with van der Waals surface area (Å²) in [7, 11) is 0. The number of carboxylic acid groups (broad SMARTS) is 1. The van der Waals surface area contributed by atoms with Gasteiger partial charge in [0.15, 0.2) is 0 Å². The van der Waals surface area contributed by atoms with Gasteiger partial charge in [0.1, 0.15) is 5.82 Å². The fourth-order valence-corrected chi connectivity index (χ4v) is 1.10. The van der Waals surface area contributed by atoms with E-state index in [2.05, 4.69) is 0 Å². The van der Waals surface area contributed by atoms with Crippen LogP contribution in [0.5, 0.6) is 0 Å². The van der Waals surface area contributed by atoms with Crippen LogP contribution in [0.4, 0.5) is 4.39 Å². The first-order valence-corrected chi connectivity index (χ1v) is 3.76. The minimum Gasteiger partial charge on any atom is -0.478 e. The maximum absolute atomic E-state index is 12.5. The lowest BCUT2D eigenvalue weighted by molar-refractivity contribution is 0.0695. The molecule has 0 atom stereocenters. The van der Waals surface area contributed by atoms with Crippen molar-refractivity contribution in [3.05, 3.63) is 35.1 Å². The Morgan fingerprint density at radius 2 is 2.25 bits per heavy atom. The van der Waals surface area contributed by atoms with Crippen LogP contribution in [0.3, 0.4) is 0 Å². The monoisotopic (exact) mass is 188 g/mol. The van der Waals surface area contributed by atoms with Crippen molar-refractivity contribution in [1.82, 2.24) is 0 Å². The summed E-state index contributed by atoms with van der Waals surface area (Å²) in [5.41, 5.74) is 0.343. The molecule has 0 radical (unpaired) electrons. The van der Waals surface area contributed by atoms with E-state index < -0.39 is 11.8 Å². The largest absolute Gasteiger partial charge is 0.478 e. The van der Waals surface area contributed by atoms with Gasteiger partial charge in [-0.2, -0.15) is 0 Å². The van der Waals surface area contributed by atoms with E-state index in [4.69, 9.17) is 16.7 Å². The van der Waals surface area contributed by atoms with Gasteiger partial charge in [-0.25, -0.2) is 9.18 Å². The molecule has 0 aliphatic carbocycles. The summed E-state index contributed by atoms with van der Waals surface area (Å²) >= 11 is 5.44. The van der Waals surface area contributed by atoms with Gasteiger partial charge in [-0.05, 0) is 17.7 Å². The second-order valence-electron chi connectivity index (χ2n) is 2.24. The first-order valence-electron chi connectivity index (χ1n) is 3.23. The highest BCUT2D eigenvalue weighted by atomic mass is 35.5. The van der Waals surface area contributed by atoms with E-state index in [0.717, 1.165) is 6.07 Å². The lowest BCUT2D eigenvalue weighted by Crippen LogP contribution is -2.01. The summed E-state index contributed by atoms with van der Waals surface area (Å²) in [4.78, 5) is 10.5. The van der Waals surface area contributed by atoms with Gasteiger partial charge in [-0.15, -0.1) is 11.6 Å². The standard InChI is InChI=1S/C8H6ClFO2/c9-4-5-1-2-6(10)3-7(5)8(11)12/h1-3H,4H2,(H,11,12). The number of carboxylic acids is 1. The summed E-state index contributed by atoms with van der Waals surface area (Å²) in [6.07, 6.45) is 0. The number of benzene rings is 1. The number of rotatable bonds is 2. The molecule has 0 heterocycles. The van der Waals surface area contributed by atoms with Gasteiger partial charge in [0.2, 0.25) is 0 Å². The molecule has 64 valence electrons. The Morgan fingerprint density at radius 3 is 2.75 bits per heavy atom. The normalized spacial score (nSPS) is 9.83. The van der Waals surface area contributed by atoms with Gasteiger partial charge in [0.25, 0.3) is 0 Å². The van der Waals surface area contributed by atoms with Gasteiger partial charge in [0.05, 0.1) is 5.56 Å². The Bertz CT molecular complexity index is 312. The molecule has 4 heteroatoms. The van der Waals surface area contributed by atoms with Gasteiger partial charge >= 0.3 is 5.97 Å². The van der Waals surface area contributed by atoms with E-state index in [1.807, 2.05) is 0 Å². The Morgan fingerprint density at radius 1 is 1.58 bits per heavy atom. The molecule has 1 aromatic carbocycles. The van der Waals surface area contributed by atoms with E-state index in [-0.39, 0.29) is 11.4 Å². The third-order valence-corrected chi connectivity index (χ3v) is 1.73. The Hall–Kier alpha value is -1.09. The second-order valence-corrected chi connectivity index (χ2v) is 2.51. The first-order chi connectivity index (χ1) is 5.65. The molecular formula is C8H6ClFO2. The van der Waals surface area contributed by atoms with Gasteiger partial charge < -0.3 is 5.11 Å². The van der Waals surface area contributed by atoms with Crippen LogP contribution in [-0.2, 0) is 5.88 Å². The number of alkyl halides is 1. The highest BCUT2D eigenvalue weighted by Crippen LogP contribution is 2.13. The molecule has 0 aromatic heterocycles. The molecule has 0 unspecified atom stereocenters. The van der Waals surface area contributed by atoms with Crippen molar-refractivity contribution >= 4 is 17.6 Å². The molecule has 0 spiro atoms. The minimum atomic E-state index is -1.16. The molecule has 0 aliphatic heterocycles. The maximum Gasteiger partial charge on any atom is 0.336 e. The highest BCUT2D eigenvalue weighted by Gasteiger charge is 2.09. The smallest absolute Gasteiger partial charge is 0.336 e. The Balaban J connectivity index is 3.21. The molecule has 12 heavy (non-hydrogen) atoms. The van der Waals surface area contributed by atoms with Crippen molar-refractivity contribution in [2.45, 2.75) is 5.88 Å². The first kappa shape index (κ1) is 9.00. The van der Waals surface area contributed by atoms with E-state index in [9.17, 15) is 9.18 Å². The molecule has 0 bridgehead atoms. The third kappa shape index (κ3) is 1.74. The molecule has 0 saturated heterocycles. The second kappa shape index (κ2) is 3.54. The number of carbonyl (C=O) groups is 1. The van der Waals surface area contributed by atoms with Crippen LogP contribution < -0.4 is 0 Å². The molecule has 0 saturated carbocycles. The molecule has 1 aromatic rings. The quantitative estimate of drug-likeness (QED) is 0.723. The molecule has 1 N–H and O–H groups in total. The van der Waals surface area contributed by atoms with Crippen LogP contribution in [-0.4, -0.2) is 11.1 Å². The van der Waals surface area contributed by atoms with E-state index >= 15 is 0 Å². The summed E-state index contributed by atoms with van der Waals surface area (Å²) in [6.45, 7) is 0. The predicted molar refractivity (Wildman–Crippen MR) is 42.9 cm³/mol. The van der Waals surface area contributed by atoms with E-state index in [0.29, 0.717) is 5.56 Å². The molecule has 0 aliphatic rings. The SMILES string of the molecule is O=C(O)c1cc(F)ccc1CCl. The van der Waals surface area contributed by atoms with Crippen LogP contribution in [0, 0.1) is 5.82 Å². The number of hydrogen-bond acceptors (Lipinski definition) is 1. The molecule has 1 rings (SSSR count).